The first-order chi connectivity index (χ1) is 14.8. The van der Waals surface area contributed by atoms with Crippen LogP contribution < -0.4 is 0 Å². The number of non-ortho nitro benzene ring substituents is 1. The van der Waals surface area contributed by atoms with Crippen LogP contribution in [-0.4, -0.2) is 65.2 Å². The van der Waals surface area contributed by atoms with Crippen molar-refractivity contribution in [1.29, 1.82) is 0 Å². The molecule has 1 aromatic rings. The third-order valence-corrected chi connectivity index (χ3v) is 8.54. The van der Waals surface area contributed by atoms with Gasteiger partial charge in [0.15, 0.2) is 9.84 Å². The lowest BCUT2D eigenvalue weighted by Crippen LogP contribution is -2.52. The van der Waals surface area contributed by atoms with Gasteiger partial charge in [0, 0.05) is 36.8 Å². The Labute approximate surface area is 183 Å². The maximum absolute atomic E-state index is 13.5. The average molecular weight is 450 g/mol. The van der Waals surface area contributed by atoms with Gasteiger partial charge in [-0.1, -0.05) is 31.4 Å². The van der Waals surface area contributed by atoms with Crippen molar-refractivity contribution >= 4 is 21.4 Å². The lowest BCUT2D eigenvalue weighted by atomic mass is 9.92. The van der Waals surface area contributed by atoms with Gasteiger partial charge in [-0.05, 0) is 37.7 Å². The second-order valence-corrected chi connectivity index (χ2v) is 11.4. The summed E-state index contributed by atoms with van der Waals surface area (Å²) in [6.45, 7) is 0.838. The van der Waals surface area contributed by atoms with Gasteiger partial charge in [0.25, 0.3) is 5.69 Å². The Morgan fingerprint density at radius 3 is 2.19 bits per heavy atom. The Morgan fingerprint density at radius 2 is 1.65 bits per heavy atom. The van der Waals surface area contributed by atoms with Crippen molar-refractivity contribution < 1.29 is 18.1 Å². The maximum Gasteiger partial charge on any atom is 0.269 e. The summed E-state index contributed by atoms with van der Waals surface area (Å²) in [6, 6.07) is 6.78. The first kappa shape index (κ1) is 22.2. The van der Waals surface area contributed by atoms with E-state index in [0.717, 1.165) is 44.1 Å². The number of rotatable bonds is 8. The fraction of sp³-hybridized carbons (Fsp3) is 0.682. The van der Waals surface area contributed by atoms with Gasteiger partial charge in [-0.3, -0.25) is 19.8 Å². The number of nitro benzene ring substituents is 1. The number of hydrogen-bond donors (Lipinski definition) is 0. The SMILES string of the molecule is O=C(CN(Cc1ccc([N+](=O)[O-])cc1)C1CC1)N(C1CCCCC1)C1CCS(=O)(=O)C1. The van der Waals surface area contributed by atoms with Crippen molar-refractivity contribution in [2.24, 2.45) is 0 Å². The summed E-state index contributed by atoms with van der Waals surface area (Å²) in [5, 5.41) is 10.9. The Kier molecular flexibility index (Phi) is 6.62. The van der Waals surface area contributed by atoms with Gasteiger partial charge in [0.05, 0.1) is 23.0 Å². The summed E-state index contributed by atoms with van der Waals surface area (Å²) in [5.41, 5.74) is 1.00. The number of benzene rings is 1. The van der Waals surface area contributed by atoms with Gasteiger partial charge in [-0.2, -0.15) is 0 Å². The smallest absolute Gasteiger partial charge is 0.269 e. The van der Waals surface area contributed by atoms with E-state index in [1.165, 1.54) is 18.6 Å². The van der Waals surface area contributed by atoms with Crippen molar-refractivity contribution in [2.45, 2.75) is 76.0 Å². The van der Waals surface area contributed by atoms with Crippen LogP contribution in [0.25, 0.3) is 0 Å². The number of nitrogens with zero attached hydrogens (tertiary/aromatic N) is 3. The highest BCUT2D eigenvalue weighted by molar-refractivity contribution is 7.91. The lowest BCUT2D eigenvalue weighted by molar-refractivity contribution is -0.384. The zero-order valence-corrected chi connectivity index (χ0v) is 18.6. The molecule has 0 N–H and O–H groups in total. The van der Waals surface area contributed by atoms with Gasteiger partial charge in [0.1, 0.15) is 0 Å². The van der Waals surface area contributed by atoms with Gasteiger partial charge < -0.3 is 4.90 Å². The highest BCUT2D eigenvalue weighted by Crippen LogP contribution is 2.31. The Balaban J connectivity index is 1.47. The molecule has 0 bridgehead atoms. The zero-order chi connectivity index (χ0) is 22.0. The number of sulfone groups is 1. The molecule has 0 spiro atoms. The Bertz CT molecular complexity index is 908. The molecule has 1 aromatic carbocycles. The molecule has 9 heteroatoms. The van der Waals surface area contributed by atoms with E-state index in [2.05, 4.69) is 4.90 Å². The summed E-state index contributed by atoms with van der Waals surface area (Å²) in [7, 11) is -3.07. The van der Waals surface area contributed by atoms with E-state index in [1.54, 1.807) is 12.1 Å². The highest BCUT2D eigenvalue weighted by atomic mass is 32.2. The van der Waals surface area contributed by atoms with Gasteiger partial charge in [0.2, 0.25) is 5.91 Å². The van der Waals surface area contributed by atoms with Crippen molar-refractivity contribution in [2.75, 3.05) is 18.1 Å². The van der Waals surface area contributed by atoms with Gasteiger partial charge >= 0.3 is 0 Å². The minimum absolute atomic E-state index is 0.0304. The van der Waals surface area contributed by atoms with Crippen LogP contribution in [0.15, 0.2) is 24.3 Å². The summed E-state index contributed by atoms with van der Waals surface area (Å²) < 4.78 is 24.2. The molecule has 2 aliphatic carbocycles. The molecule has 3 aliphatic rings. The standard InChI is InChI=1S/C22H31N3O5S/c26-22(24(19-4-2-1-3-5-19)21-12-13-31(29,30)16-21)15-23(18-10-11-18)14-17-6-8-20(9-7-17)25(27)28/h6-9,18-19,21H,1-5,10-16H2. The predicted molar refractivity (Wildman–Crippen MR) is 117 cm³/mol. The molecule has 0 aromatic heterocycles. The predicted octanol–water partition coefficient (Wildman–Crippen LogP) is 2.91. The maximum atomic E-state index is 13.5. The van der Waals surface area contributed by atoms with Crippen LogP contribution in [-0.2, 0) is 21.2 Å². The molecule has 1 heterocycles. The molecule has 170 valence electrons. The molecule has 1 aliphatic heterocycles. The van der Waals surface area contributed by atoms with Crippen LogP contribution in [0.5, 0.6) is 0 Å². The highest BCUT2D eigenvalue weighted by Gasteiger charge is 2.40. The number of hydrogen-bond acceptors (Lipinski definition) is 6. The molecule has 8 nitrogen and oxygen atoms in total. The Morgan fingerprint density at radius 1 is 0.968 bits per heavy atom. The fourth-order valence-corrected chi connectivity index (χ4v) is 6.74. The summed E-state index contributed by atoms with van der Waals surface area (Å²) in [4.78, 5) is 28.1. The van der Waals surface area contributed by atoms with Crippen LogP contribution in [0.3, 0.4) is 0 Å². The van der Waals surface area contributed by atoms with E-state index in [-0.39, 0.29) is 41.7 Å². The average Bonchev–Trinajstić information content (AvgIpc) is 3.52. The molecular weight excluding hydrogens is 418 g/mol. The third-order valence-electron chi connectivity index (χ3n) is 6.79. The summed E-state index contributed by atoms with van der Waals surface area (Å²) in [5.74, 6) is 0.285. The van der Waals surface area contributed by atoms with E-state index in [0.29, 0.717) is 19.0 Å². The van der Waals surface area contributed by atoms with Crippen molar-refractivity contribution in [1.82, 2.24) is 9.80 Å². The number of carbonyl (C=O) groups excluding carboxylic acids is 1. The zero-order valence-electron chi connectivity index (χ0n) is 17.8. The first-order valence-corrected chi connectivity index (χ1v) is 13.1. The minimum Gasteiger partial charge on any atom is -0.335 e. The van der Waals surface area contributed by atoms with E-state index in [4.69, 9.17) is 0 Å². The monoisotopic (exact) mass is 449 g/mol. The summed E-state index contributed by atoms with van der Waals surface area (Å²) in [6.07, 6.45) is 7.88. The van der Waals surface area contributed by atoms with E-state index in [9.17, 15) is 23.3 Å². The molecule has 31 heavy (non-hydrogen) atoms. The lowest BCUT2D eigenvalue weighted by Gasteiger charge is -2.39. The number of carbonyl (C=O) groups is 1. The quantitative estimate of drug-likeness (QED) is 0.447. The van der Waals surface area contributed by atoms with E-state index >= 15 is 0 Å². The second-order valence-electron chi connectivity index (χ2n) is 9.21. The molecule has 4 rings (SSSR count). The summed E-state index contributed by atoms with van der Waals surface area (Å²) >= 11 is 0. The number of amides is 1. The molecule has 1 amide bonds. The van der Waals surface area contributed by atoms with Crippen LogP contribution in [0.1, 0.15) is 56.9 Å². The largest absolute Gasteiger partial charge is 0.335 e. The topological polar surface area (TPSA) is 101 Å². The second kappa shape index (κ2) is 9.24. The fourth-order valence-electron chi connectivity index (χ4n) is 5.03. The van der Waals surface area contributed by atoms with E-state index < -0.39 is 14.8 Å². The molecule has 1 saturated heterocycles. The Hall–Kier alpha value is -2.00. The van der Waals surface area contributed by atoms with Crippen LogP contribution in [0.2, 0.25) is 0 Å². The van der Waals surface area contributed by atoms with Gasteiger partial charge in [-0.25, -0.2) is 8.42 Å². The van der Waals surface area contributed by atoms with E-state index in [1.807, 2.05) is 4.90 Å². The molecule has 1 atom stereocenters. The van der Waals surface area contributed by atoms with Gasteiger partial charge in [-0.15, -0.1) is 0 Å². The van der Waals surface area contributed by atoms with Crippen LogP contribution in [0.4, 0.5) is 5.69 Å². The number of nitro groups is 1. The molecular formula is C22H31N3O5S. The van der Waals surface area contributed by atoms with Crippen molar-refractivity contribution in [3.63, 3.8) is 0 Å². The molecule has 2 saturated carbocycles. The third kappa shape index (κ3) is 5.63. The molecule has 1 unspecified atom stereocenters. The molecule has 0 radical (unpaired) electrons. The molecule has 3 fully saturated rings. The van der Waals surface area contributed by atoms with Crippen molar-refractivity contribution in [3.05, 3.63) is 39.9 Å². The first-order valence-electron chi connectivity index (χ1n) is 11.3. The normalized spacial score (nSPS) is 23.7. The van der Waals surface area contributed by atoms with Crippen molar-refractivity contribution in [3.8, 4) is 0 Å². The minimum atomic E-state index is -3.07. The van der Waals surface area contributed by atoms with Crippen LogP contribution in [0, 0.1) is 10.1 Å². The van der Waals surface area contributed by atoms with Crippen LogP contribution >= 0.6 is 0 Å².